The molecule has 1 heterocycles. The van der Waals surface area contributed by atoms with Crippen LogP contribution in [-0.4, -0.2) is 10.8 Å². The van der Waals surface area contributed by atoms with Crippen LogP contribution in [0.25, 0.3) is 0 Å². The molecule has 0 spiro atoms. The average Bonchev–Trinajstić information content (AvgIpc) is 2.69. The molecule has 1 aromatic carbocycles. The number of carbonyl (C=O) groups is 1. The quantitative estimate of drug-likeness (QED) is 0.858. The van der Waals surface area contributed by atoms with Gasteiger partial charge in [0.1, 0.15) is 16.6 Å². The molecule has 94 valence electrons. The molecule has 0 aliphatic rings. The molecule has 2 rings (SSSR count). The van der Waals surface area contributed by atoms with E-state index >= 15 is 0 Å². The first-order valence-corrected chi connectivity index (χ1v) is 6.67. The molecular formula is C13H11ClFNOS. The molecule has 2 aromatic rings. The Balaban J connectivity index is 2.00. The molecule has 0 unspecified atom stereocenters. The first-order chi connectivity index (χ1) is 8.54. The fraction of sp³-hybridized carbons (Fsp3) is 0.231. The number of ketones is 1. The number of Topliss-reactive ketones (excluding diaryl/α,β-unsaturated/α-hetero) is 1. The van der Waals surface area contributed by atoms with Gasteiger partial charge in [0.15, 0.2) is 0 Å². The van der Waals surface area contributed by atoms with Crippen LogP contribution in [0.3, 0.4) is 0 Å². The van der Waals surface area contributed by atoms with Crippen molar-refractivity contribution < 1.29 is 9.18 Å². The predicted octanol–water partition coefficient (Wildman–Crippen LogP) is 3.60. The minimum absolute atomic E-state index is 0.0195. The zero-order chi connectivity index (χ0) is 13.1. The maximum atomic E-state index is 13.2. The standard InChI is InChI=1S/C13H11ClFNOS/c1-8-7-18-13(16-8)6-10(17)4-9-2-3-11(14)12(15)5-9/h2-3,5,7H,4,6H2,1H3. The summed E-state index contributed by atoms with van der Waals surface area (Å²) in [7, 11) is 0. The maximum Gasteiger partial charge on any atom is 0.144 e. The number of hydrogen-bond acceptors (Lipinski definition) is 3. The number of halogens is 2. The number of thiazole rings is 1. The highest BCUT2D eigenvalue weighted by Crippen LogP contribution is 2.17. The highest BCUT2D eigenvalue weighted by Gasteiger charge is 2.09. The van der Waals surface area contributed by atoms with Crippen molar-refractivity contribution in [3.05, 3.63) is 50.7 Å². The SMILES string of the molecule is Cc1csc(CC(=O)Cc2ccc(Cl)c(F)c2)n1. The van der Waals surface area contributed by atoms with Crippen molar-refractivity contribution in [2.24, 2.45) is 0 Å². The van der Waals surface area contributed by atoms with Crippen molar-refractivity contribution in [2.45, 2.75) is 19.8 Å². The van der Waals surface area contributed by atoms with Crippen LogP contribution in [0.1, 0.15) is 16.3 Å². The van der Waals surface area contributed by atoms with E-state index in [0.717, 1.165) is 10.7 Å². The van der Waals surface area contributed by atoms with E-state index in [1.54, 1.807) is 6.07 Å². The normalized spacial score (nSPS) is 10.6. The highest BCUT2D eigenvalue weighted by molar-refractivity contribution is 7.09. The Morgan fingerprint density at radius 2 is 2.22 bits per heavy atom. The van der Waals surface area contributed by atoms with E-state index in [1.165, 1.54) is 23.5 Å². The second-order valence-electron chi connectivity index (χ2n) is 4.02. The van der Waals surface area contributed by atoms with Gasteiger partial charge in [0.25, 0.3) is 0 Å². The van der Waals surface area contributed by atoms with E-state index in [1.807, 2.05) is 12.3 Å². The van der Waals surface area contributed by atoms with Crippen LogP contribution in [0.4, 0.5) is 4.39 Å². The van der Waals surface area contributed by atoms with Gasteiger partial charge in [0.05, 0.1) is 11.4 Å². The van der Waals surface area contributed by atoms with E-state index in [0.29, 0.717) is 12.0 Å². The Morgan fingerprint density at radius 1 is 1.44 bits per heavy atom. The Morgan fingerprint density at radius 3 is 2.83 bits per heavy atom. The zero-order valence-electron chi connectivity index (χ0n) is 9.74. The van der Waals surface area contributed by atoms with Crippen LogP contribution in [0.2, 0.25) is 5.02 Å². The lowest BCUT2D eigenvalue weighted by Crippen LogP contribution is -2.06. The number of hydrogen-bond donors (Lipinski definition) is 0. The lowest BCUT2D eigenvalue weighted by Gasteiger charge is -2.01. The first kappa shape index (κ1) is 13.2. The number of benzene rings is 1. The smallest absolute Gasteiger partial charge is 0.144 e. The summed E-state index contributed by atoms with van der Waals surface area (Å²) in [6, 6.07) is 4.43. The molecule has 0 fully saturated rings. The van der Waals surface area contributed by atoms with Crippen LogP contribution < -0.4 is 0 Å². The van der Waals surface area contributed by atoms with Gasteiger partial charge in [-0.05, 0) is 24.6 Å². The second kappa shape index (κ2) is 5.59. The summed E-state index contributed by atoms with van der Waals surface area (Å²) in [5.74, 6) is -0.474. The Kier molecular flexibility index (Phi) is 4.09. The summed E-state index contributed by atoms with van der Waals surface area (Å²) in [6.07, 6.45) is 0.496. The topological polar surface area (TPSA) is 30.0 Å². The van der Waals surface area contributed by atoms with E-state index < -0.39 is 5.82 Å². The lowest BCUT2D eigenvalue weighted by molar-refractivity contribution is -0.117. The Bertz CT molecular complexity index is 582. The summed E-state index contributed by atoms with van der Waals surface area (Å²) in [6.45, 7) is 1.89. The van der Waals surface area contributed by atoms with Gasteiger partial charge in [-0.2, -0.15) is 0 Å². The molecule has 0 amide bonds. The average molecular weight is 284 g/mol. The molecule has 0 atom stereocenters. The lowest BCUT2D eigenvalue weighted by atomic mass is 10.1. The van der Waals surface area contributed by atoms with Crippen LogP contribution in [0.5, 0.6) is 0 Å². The number of aryl methyl sites for hydroxylation is 1. The maximum absolute atomic E-state index is 13.2. The fourth-order valence-electron chi connectivity index (χ4n) is 1.59. The van der Waals surface area contributed by atoms with Gasteiger partial charge < -0.3 is 0 Å². The number of aromatic nitrogens is 1. The largest absolute Gasteiger partial charge is 0.299 e. The molecule has 2 nitrogen and oxygen atoms in total. The molecule has 5 heteroatoms. The molecule has 0 radical (unpaired) electrons. The van der Waals surface area contributed by atoms with Crippen LogP contribution in [0.15, 0.2) is 23.6 Å². The molecular weight excluding hydrogens is 273 g/mol. The van der Waals surface area contributed by atoms with Crippen LogP contribution >= 0.6 is 22.9 Å². The van der Waals surface area contributed by atoms with Crippen molar-refractivity contribution in [2.75, 3.05) is 0 Å². The molecule has 0 saturated carbocycles. The third kappa shape index (κ3) is 3.37. The van der Waals surface area contributed by atoms with Gasteiger partial charge >= 0.3 is 0 Å². The van der Waals surface area contributed by atoms with Crippen LogP contribution in [-0.2, 0) is 17.6 Å². The van der Waals surface area contributed by atoms with Crippen molar-refractivity contribution >= 4 is 28.7 Å². The summed E-state index contributed by atoms with van der Waals surface area (Å²) < 4.78 is 13.2. The fourth-order valence-corrected chi connectivity index (χ4v) is 2.51. The third-order valence-electron chi connectivity index (χ3n) is 2.40. The molecule has 0 saturated heterocycles. The second-order valence-corrected chi connectivity index (χ2v) is 5.37. The predicted molar refractivity (Wildman–Crippen MR) is 70.7 cm³/mol. The molecule has 0 aliphatic heterocycles. The number of carbonyl (C=O) groups excluding carboxylic acids is 1. The van der Waals surface area contributed by atoms with E-state index in [4.69, 9.17) is 11.6 Å². The third-order valence-corrected chi connectivity index (χ3v) is 3.67. The highest BCUT2D eigenvalue weighted by atomic mass is 35.5. The molecule has 0 bridgehead atoms. The summed E-state index contributed by atoms with van der Waals surface area (Å²) in [5, 5.41) is 2.78. The first-order valence-electron chi connectivity index (χ1n) is 5.41. The van der Waals surface area contributed by atoms with E-state index in [-0.39, 0.29) is 17.2 Å². The number of nitrogens with zero attached hydrogens (tertiary/aromatic N) is 1. The summed E-state index contributed by atoms with van der Waals surface area (Å²) in [4.78, 5) is 16.0. The Labute approximate surface area is 113 Å². The van der Waals surface area contributed by atoms with Gasteiger partial charge in [0.2, 0.25) is 0 Å². The van der Waals surface area contributed by atoms with Crippen molar-refractivity contribution in [3.63, 3.8) is 0 Å². The molecule has 1 aromatic heterocycles. The summed E-state index contributed by atoms with van der Waals surface area (Å²) in [5.41, 5.74) is 1.55. The Hall–Kier alpha value is -1.26. The minimum atomic E-state index is -0.493. The van der Waals surface area contributed by atoms with Gasteiger partial charge in [-0.25, -0.2) is 9.37 Å². The van der Waals surface area contributed by atoms with Gasteiger partial charge in [-0.1, -0.05) is 17.7 Å². The minimum Gasteiger partial charge on any atom is -0.299 e. The molecule has 18 heavy (non-hydrogen) atoms. The van der Waals surface area contributed by atoms with E-state index in [2.05, 4.69) is 4.98 Å². The van der Waals surface area contributed by atoms with Gasteiger partial charge in [-0.15, -0.1) is 11.3 Å². The summed E-state index contributed by atoms with van der Waals surface area (Å²) >= 11 is 7.05. The van der Waals surface area contributed by atoms with E-state index in [9.17, 15) is 9.18 Å². The van der Waals surface area contributed by atoms with Crippen molar-refractivity contribution in [1.29, 1.82) is 0 Å². The molecule has 0 aliphatic carbocycles. The van der Waals surface area contributed by atoms with Gasteiger partial charge in [-0.3, -0.25) is 4.79 Å². The van der Waals surface area contributed by atoms with Crippen molar-refractivity contribution in [3.8, 4) is 0 Å². The van der Waals surface area contributed by atoms with Gasteiger partial charge in [0, 0.05) is 17.5 Å². The monoisotopic (exact) mass is 283 g/mol. The number of rotatable bonds is 4. The van der Waals surface area contributed by atoms with Crippen molar-refractivity contribution in [1.82, 2.24) is 4.98 Å². The zero-order valence-corrected chi connectivity index (χ0v) is 11.3. The van der Waals surface area contributed by atoms with Crippen LogP contribution in [0, 0.1) is 12.7 Å². The molecule has 0 N–H and O–H groups in total.